The number of hydrogen-bond acceptors (Lipinski definition) is 2. The van der Waals surface area contributed by atoms with Crippen LogP contribution >= 0.6 is 0 Å². The number of aryl methyl sites for hydroxylation is 2. The Hall–Kier alpha value is -1.57. The molecular weight excluding hydrogens is 162 g/mol. The van der Waals surface area contributed by atoms with Gasteiger partial charge < -0.3 is 5.11 Å². The maximum Gasteiger partial charge on any atom is 0.141 e. The maximum absolute atomic E-state index is 9.52. The lowest BCUT2D eigenvalue weighted by Crippen LogP contribution is -1.87. The topological polar surface area (TPSA) is 33.1 Å². The summed E-state index contributed by atoms with van der Waals surface area (Å²) in [6.07, 6.45) is 1.79. The number of pyridine rings is 1. The van der Waals surface area contributed by atoms with Gasteiger partial charge in [-0.15, -0.1) is 0 Å². The van der Waals surface area contributed by atoms with Crippen LogP contribution in [0.25, 0.3) is 10.9 Å². The van der Waals surface area contributed by atoms with Crippen LogP contribution < -0.4 is 0 Å². The summed E-state index contributed by atoms with van der Waals surface area (Å²) < 4.78 is 0. The number of phenols is 1. The van der Waals surface area contributed by atoms with Gasteiger partial charge in [-0.3, -0.25) is 4.98 Å². The minimum Gasteiger partial charge on any atom is -0.506 e. The molecule has 0 atom stereocenters. The Balaban J connectivity index is 2.94. The Bertz CT molecular complexity index is 463. The van der Waals surface area contributed by atoms with E-state index in [1.807, 2.05) is 26.0 Å². The van der Waals surface area contributed by atoms with E-state index in [1.165, 1.54) is 5.56 Å². The van der Waals surface area contributed by atoms with Gasteiger partial charge in [0, 0.05) is 11.6 Å². The average Bonchev–Trinajstić information content (AvgIpc) is 2.12. The Kier molecular flexibility index (Phi) is 1.69. The molecule has 0 fully saturated rings. The number of para-hydroxylation sites is 1. The zero-order valence-electron chi connectivity index (χ0n) is 7.70. The van der Waals surface area contributed by atoms with Gasteiger partial charge in [0.2, 0.25) is 0 Å². The lowest BCUT2D eigenvalue weighted by molar-refractivity contribution is 0.480. The first-order valence-electron chi connectivity index (χ1n) is 4.24. The standard InChI is InChI=1S/C11H11NO/c1-7-6-12-11-9(8(7)2)4-3-5-10(11)13/h3-6,13H,1-2H3. The van der Waals surface area contributed by atoms with Crippen molar-refractivity contribution in [3.05, 3.63) is 35.5 Å². The van der Waals surface area contributed by atoms with Crippen molar-refractivity contribution in [2.45, 2.75) is 13.8 Å². The first-order chi connectivity index (χ1) is 6.20. The molecule has 13 heavy (non-hydrogen) atoms. The number of rotatable bonds is 0. The second-order valence-electron chi connectivity index (χ2n) is 3.24. The third-order valence-electron chi connectivity index (χ3n) is 2.40. The summed E-state index contributed by atoms with van der Waals surface area (Å²) in [4.78, 5) is 4.19. The minimum atomic E-state index is 0.251. The zero-order chi connectivity index (χ0) is 9.42. The van der Waals surface area contributed by atoms with Crippen LogP contribution in [-0.2, 0) is 0 Å². The molecule has 0 saturated carbocycles. The summed E-state index contributed by atoms with van der Waals surface area (Å²) in [5.41, 5.74) is 3.02. The quantitative estimate of drug-likeness (QED) is 0.664. The molecule has 1 aromatic heterocycles. The van der Waals surface area contributed by atoms with E-state index >= 15 is 0 Å². The molecule has 1 aromatic carbocycles. The van der Waals surface area contributed by atoms with E-state index in [1.54, 1.807) is 12.3 Å². The molecule has 0 aliphatic heterocycles. The van der Waals surface area contributed by atoms with Crippen molar-refractivity contribution >= 4 is 10.9 Å². The fourth-order valence-corrected chi connectivity index (χ4v) is 1.44. The van der Waals surface area contributed by atoms with Crippen LogP contribution in [0.1, 0.15) is 11.1 Å². The molecule has 2 nitrogen and oxygen atoms in total. The molecule has 0 spiro atoms. The highest BCUT2D eigenvalue weighted by Gasteiger charge is 2.03. The maximum atomic E-state index is 9.52. The third kappa shape index (κ3) is 1.15. The van der Waals surface area contributed by atoms with Gasteiger partial charge in [0.1, 0.15) is 11.3 Å². The number of nitrogens with zero attached hydrogens (tertiary/aromatic N) is 1. The molecule has 66 valence electrons. The minimum absolute atomic E-state index is 0.251. The van der Waals surface area contributed by atoms with Crippen LogP contribution in [0.5, 0.6) is 5.75 Å². The summed E-state index contributed by atoms with van der Waals surface area (Å²) >= 11 is 0. The van der Waals surface area contributed by atoms with Crippen LogP contribution in [0, 0.1) is 13.8 Å². The molecule has 1 N–H and O–H groups in total. The number of hydrogen-bond donors (Lipinski definition) is 1. The Morgan fingerprint density at radius 3 is 2.77 bits per heavy atom. The molecule has 0 saturated heterocycles. The van der Waals surface area contributed by atoms with Gasteiger partial charge in [-0.05, 0) is 31.0 Å². The summed E-state index contributed by atoms with van der Waals surface area (Å²) in [5.74, 6) is 0.251. The highest BCUT2D eigenvalue weighted by atomic mass is 16.3. The summed E-state index contributed by atoms with van der Waals surface area (Å²) in [6, 6.07) is 5.47. The summed E-state index contributed by atoms with van der Waals surface area (Å²) in [6.45, 7) is 4.06. The Labute approximate surface area is 76.9 Å². The largest absolute Gasteiger partial charge is 0.506 e. The van der Waals surface area contributed by atoms with Crippen LogP contribution in [0.3, 0.4) is 0 Å². The molecule has 0 unspecified atom stereocenters. The smallest absolute Gasteiger partial charge is 0.141 e. The molecule has 0 bridgehead atoms. The number of benzene rings is 1. The van der Waals surface area contributed by atoms with Crippen molar-refractivity contribution in [3.8, 4) is 5.75 Å². The van der Waals surface area contributed by atoms with E-state index in [-0.39, 0.29) is 5.75 Å². The van der Waals surface area contributed by atoms with Gasteiger partial charge in [-0.1, -0.05) is 12.1 Å². The molecule has 0 amide bonds. The Morgan fingerprint density at radius 2 is 2.00 bits per heavy atom. The zero-order valence-corrected chi connectivity index (χ0v) is 7.70. The van der Waals surface area contributed by atoms with Gasteiger partial charge in [-0.2, -0.15) is 0 Å². The Morgan fingerprint density at radius 1 is 1.23 bits per heavy atom. The number of phenolic OH excluding ortho intramolecular Hbond substituents is 1. The van der Waals surface area contributed by atoms with Gasteiger partial charge in [0.15, 0.2) is 0 Å². The lowest BCUT2D eigenvalue weighted by Gasteiger charge is -2.05. The highest BCUT2D eigenvalue weighted by molar-refractivity contribution is 5.87. The van der Waals surface area contributed by atoms with Crippen molar-refractivity contribution in [2.75, 3.05) is 0 Å². The number of aromatic hydroxyl groups is 1. The average molecular weight is 173 g/mol. The second kappa shape index (κ2) is 2.73. The first kappa shape index (κ1) is 8.05. The van der Waals surface area contributed by atoms with Gasteiger partial charge in [-0.25, -0.2) is 0 Å². The van der Waals surface area contributed by atoms with Crippen molar-refractivity contribution in [3.63, 3.8) is 0 Å². The molecule has 1 heterocycles. The van der Waals surface area contributed by atoms with Crippen molar-refractivity contribution in [1.29, 1.82) is 0 Å². The van der Waals surface area contributed by atoms with Crippen LogP contribution in [0.4, 0.5) is 0 Å². The van der Waals surface area contributed by atoms with Crippen molar-refractivity contribution in [1.82, 2.24) is 4.98 Å². The predicted molar refractivity (Wildman–Crippen MR) is 52.9 cm³/mol. The molecule has 2 heteroatoms. The van der Waals surface area contributed by atoms with Gasteiger partial charge in [0.05, 0.1) is 0 Å². The molecule has 2 rings (SSSR count). The first-order valence-corrected chi connectivity index (χ1v) is 4.24. The number of fused-ring (bicyclic) bond motifs is 1. The van der Waals surface area contributed by atoms with E-state index in [4.69, 9.17) is 0 Å². The SMILES string of the molecule is Cc1cnc2c(O)cccc2c1C. The van der Waals surface area contributed by atoms with Crippen molar-refractivity contribution in [2.24, 2.45) is 0 Å². The van der Waals surface area contributed by atoms with Gasteiger partial charge >= 0.3 is 0 Å². The summed E-state index contributed by atoms with van der Waals surface area (Å²) in [7, 11) is 0. The summed E-state index contributed by atoms with van der Waals surface area (Å²) in [5, 5.41) is 10.6. The fourth-order valence-electron chi connectivity index (χ4n) is 1.44. The van der Waals surface area contributed by atoms with Crippen LogP contribution in [-0.4, -0.2) is 10.1 Å². The molecule has 0 aliphatic rings. The monoisotopic (exact) mass is 173 g/mol. The second-order valence-corrected chi connectivity index (χ2v) is 3.24. The van der Waals surface area contributed by atoms with E-state index in [0.717, 1.165) is 10.9 Å². The van der Waals surface area contributed by atoms with Crippen molar-refractivity contribution < 1.29 is 5.11 Å². The third-order valence-corrected chi connectivity index (χ3v) is 2.40. The van der Waals surface area contributed by atoms with Crippen LogP contribution in [0.15, 0.2) is 24.4 Å². The number of aromatic nitrogens is 1. The molecule has 0 radical (unpaired) electrons. The van der Waals surface area contributed by atoms with E-state index in [9.17, 15) is 5.11 Å². The van der Waals surface area contributed by atoms with Crippen LogP contribution in [0.2, 0.25) is 0 Å². The van der Waals surface area contributed by atoms with E-state index in [0.29, 0.717) is 5.52 Å². The van der Waals surface area contributed by atoms with Gasteiger partial charge in [0.25, 0.3) is 0 Å². The fraction of sp³-hybridized carbons (Fsp3) is 0.182. The van der Waals surface area contributed by atoms with E-state index < -0.39 is 0 Å². The molecule has 2 aromatic rings. The molecular formula is C11H11NO. The highest BCUT2D eigenvalue weighted by Crippen LogP contribution is 2.25. The molecule has 0 aliphatic carbocycles. The lowest BCUT2D eigenvalue weighted by atomic mass is 10.1. The predicted octanol–water partition coefficient (Wildman–Crippen LogP) is 2.56. The van der Waals surface area contributed by atoms with E-state index in [2.05, 4.69) is 4.98 Å². The normalized spacial score (nSPS) is 10.6.